The van der Waals surface area contributed by atoms with Crippen LogP contribution in [0, 0.1) is 6.92 Å². The maximum absolute atomic E-state index is 13.9. The minimum Gasteiger partial charge on any atom is -0.496 e. The summed E-state index contributed by atoms with van der Waals surface area (Å²) in [6, 6.07) is 22.5. The number of amides is 2. The van der Waals surface area contributed by atoms with Crippen molar-refractivity contribution in [3.63, 3.8) is 0 Å². The van der Waals surface area contributed by atoms with E-state index in [4.69, 9.17) is 14.2 Å². The van der Waals surface area contributed by atoms with Gasteiger partial charge in [-0.25, -0.2) is 0 Å². The number of ether oxygens (including phenoxy) is 3. The highest BCUT2D eigenvalue weighted by molar-refractivity contribution is 5.88. The molecule has 4 rings (SSSR count). The molecule has 1 aliphatic carbocycles. The van der Waals surface area contributed by atoms with Crippen molar-refractivity contribution in [2.45, 2.75) is 64.1 Å². The zero-order valence-corrected chi connectivity index (χ0v) is 23.7. The number of carbonyl (C=O) groups excluding carboxylic acids is 2. The smallest absolute Gasteiger partial charge is 0.261 e. The zero-order chi connectivity index (χ0) is 28.3. The molecule has 1 fully saturated rings. The fraction of sp³-hybridized carbons (Fsp3) is 0.394. The van der Waals surface area contributed by atoms with Gasteiger partial charge in [-0.2, -0.15) is 0 Å². The van der Waals surface area contributed by atoms with Crippen LogP contribution in [-0.4, -0.2) is 49.6 Å². The van der Waals surface area contributed by atoms with E-state index in [1.807, 2.05) is 61.5 Å². The third-order valence-electron chi connectivity index (χ3n) is 7.38. The Labute approximate surface area is 237 Å². The van der Waals surface area contributed by atoms with Crippen molar-refractivity contribution < 1.29 is 23.8 Å². The lowest BCUT2D eigenvalue weighted by Crippen LogP contribution is -2.53. The molecule has 0 spiro atoms. The second kappa shape index (κ2) is 14.4. The van der Waals surface area contributed by atoms with Crippen molar-refractivity contribution in [2.75, 3.05) is 20.8 Å². The summed E-state index contributed by atoms with van der Waals surface area (Å²) < 4.78 is 16.6. The van der Waals surface area contributed by atoms with Crippen LogP contribution in [0.5, 0.6) is 17.2 Å². The molecule has 0 heterocycles. The largest absolute Gasteiger partial charge is 0.496 e. The van der Waals surface area contributed by atoms with Crippen LogP contribution in [0.4, 0.5) is 0 Å². The number of carbonyl (C=O) groups is 2. The number of aryl methyl sites for hydroxylation is 1. The van der Waals surface area contributed by atoms with E-state index in [0.29, 0.717) is 30.2 Å². The molecular weight excluding hydrogens is 504 g/mol. The van der Waals surface area contributed by atoms with E-state index in [9.17, 15) is 9.59 Å². The third-order valence-corrected chi connectivity index (χ3v) is 7.38. The Morgan fingerprint density at radius 2 is 1.48 bits per heavy atom. The van der Waals surface area contributed by atoms with Crippen molar-refractivity contribution in [1.82, 2.24) is 10.2 Å². The second-order valence-corrected chi connectivity index (χ2v) is 10.4. The summed E-state index contributed by atoms with van der Waals surface area (Å²) in [5.41, 5.74) is 3.07. The van der Waals surface area contributed by atoms with E-state index >= 15 is 0 Å². The maximum atomic E-state index is 13.9. The molecule has 1 saturated carbocycles. The van der Waals surface area contributed by atoms with Crippen LogP contribution in [0.2, 0.25) is 0 Å². The summed E-state index contributed by atoms with van der Waals surface area (Å²) in [6.07, 6.45) is 5.76. The molecule has 7 heteroatoms. The van der Waals surface area contributed by atoms with Gasteiger partial charge in [0.1, 0.15) is 23.3 Å². The minimum absolute atomic E-state index is 0.126. The summed E-state index contributed by atoms with van der Waals surface area (Å²) in [4.78, 5) is 29.4. The number of rotatable bonds is 12. The lowest BCUT2D eigenvalue weighted by Gasteiger charge is -2.33. The molecule has 0 aromatic heterocycles. The first-order chi connectivity index (χ1) is 19.4. The van der Waals surface area contributed by atoms with E-state index in [0.717, 1.165) is 42.4 Å². The van der Waals surface area contributed by atoms with Gasteiger partial charge >= 0.3 is 0 Å². The molecule has 1 atom stereocenters. The summed E-state index contributed by atoms with van der Waals surface area (Å²) in [7, 11) is 3.12. The first-order valence-electron chi connectivity index (χ1n) is 14.0. The molecule has 1 N–H and O–H groups in total. The quantitative estimate of drug-likeness (QED) is 0.327. The molecule has 212 valence electrons. The van der Waals surface area contributed by atoms with E-state index in [1.165, 1.54) is 6.42 Å². The Hall–Kier alpha value is -4.00. The molecule has 3 aromatic rings. The lowest BCUT2D eigenvalue weighted by atomic mass is 9.94. The first kappa shape index (κ1) is 29.0. The van der Waals surface area contributed by atoms with Crippen LogP contribution in [-0.2, 0) is 22.6 Å². The Balaban J connectivity index is 1.61. The van der Waals surface area contributed by atoms with Gasteiger partial charge in [-0.1, -0.05) is 79.4 Å². The van der Waals surface area contributed by atoms with Crippen molar-refractivity contribution >= 4 is 11.8 Å². The predicted molar refractivity (Wildman–Crippen MR) is 156 cm³/mol. The predicted octanol–water partition coefficient (Wildman–Crippen LogP) is 5.48. The van der Waals surface area contributed by atoms with Gasteiger partial charge in [0.05, 0.1) is 14.2 Å². The van der Waals surface area contributed by atoms with Gasteiger partial charge in [-0.3, -0.25) is 9.59 Å². The molecule has 0 unspecified atom stereocenters. The highest BCUT2D eigenvalue weighted by Gasteiger charge is 2.32. The van der Waals surface area contributed by atoms with E-state index in [1.54, 1.807) is 37.3 Å². The van der Waals surface area contributed by atoms with Gasteiger partial charge < -0.3 is 24.4 Å². The topological polar surface area (TPSA) is 77.1 Å². The summed E-state index contributed by atoms with van der Waals surface area (Å²) in [5.74, 6) is 1.17. The summed E-state index contributed by atoms with van der Waals surface area (Å²) >= 11 is 0. The number of hydrogen-bond acceptors (Lipinski definition) is 5. The van der Waals surface area contributed by atoms with Gasteiger partial charge in [-0.05, 0) is 30.9 Å². The molecule has 0 saturated heterocycles. The molecule has 7 nitrogen and oxygen atoms in total. The van der Waals surface area contributed by atoms with E-state index in [2.05, 4.69) is 5.32 Å². The van der Waals surface area contributed by atoms with Gasteiger partial charge in [-0.15, -0.1) is 0 Å². The molecule has 0 radical (unpaired) electrons. The van der Waals surface area contributed by atoms with Crippen LogP contribution < -0.4 is 19.5 Å². The molecule has 2 amide bonds. The van der Waals surface area contributed by atoms with Crippen molar-refractivity contribution in [3.05, 3.63) is 89.5 Å². The highest BCUT2D eigenvalue weighted by Crippen LogP contribution is 2.28. The monoisotopic (exact) mass is 544 g/mol. The van der Waals surface area contributed by atoms with Gasteiger partial charge in [0.2, 0.25) is 5.91 Å². The molecule has 3 aromatic carbocycles. The lowest BCUT2D eigenvalue weighted by molar-refractivity contribution is -0.143. The molecule has 40 heavy (non-hydrogen) atoms. The van der Waals surface area contributed by atoms with Crippen molar-refractivity contribution in [2.24, 2.45) is 0 Å². The summed E-state index contributed by atoms with van der Waals surface area (Å²) in [5, 5.41) is 3.27. The first-order valence-corrected chi connectivity index (χ1v) is 14.0. The van der Waals surface area contributed by atoms with E-state index in [-0.39, 0.29) is 24.5 Å². The minimum atomic E-state index is -0.693. The second-order valence-electron chi connectivity index (χ2n) is 10.4. The van der Waals surface area contributed by atoms with Crippen LogP contribution >= 0.6 is 0 Å². The Kier molecular flexibility index (Phi) is 10.4. The van der Waals surface area contributed by atoms with Gasteiger partial charge in [0.25, 0.3) is 5.91 Å². The summed E-state index contributed by atoms with van der Waals surface area (Å²) in [6.45, 7) is 2.09. The fourth-order valence-corrected chi connectivity index (χ4v) is 5.08. The number of hydrogen-bond donors (Lipinski definition) is 1. The zero-order valence-electron chi connectivity index (χ0n) is 23.7. The Morgan fingerprint density at radius 3 is 2.10 bits per heavy atom. The number of benzene rings is 3. The number of methoxy groups -OCH3 is 2. The normalized spacial score (nSPS) is 14.2. The standard InChI is InChI=1S/C33H40N2O5/c1-24-14-16-26(17-15-24)22-35(32(36)23-40-30-20-28(38-2)19-29(21-30)39-3)31(18-25-10-6-4-7-11-25)33(37)34-27-12-8-5-9-13-27/h4,6-7,10-11,14-17,19-21,27,31H,5,8-9,12-13,18,22-23H2,1-3H3,(H,34,37)/t31-/m1/s1. The number of nitrogens with zero attached hydrogens (tertiary/aromatic N) is 1. The average Bonchev–Trinajstić information content (AvgIpc) is 2.99. The van der Waals surface area contributed by atoms with Gasteiger partial charge in [0, 0.05) is 37.2 Å². The van der Waals surface area contributed by atoms with Crippen LogP contribution in [0.3, 0.4) is 0 Å². The van der Waals surface area contributed by atoms with Crippen LogP contribution in [0.1, 0.15) is 48.8 Å². The average molecular weight is 545 g/mol. The van der Waals surface area contributed by atoms with Crippen LogP contribution in [0.15, 0.2) is 72.8 Å². The fourth-order valence-electron chi connectivity index (χ4n) is 5.08. The third kappa shape index (κ3) is 8.25. The maximum Gasteiger partial charge on any atom is 0.261 e. The SMILES string of the molecule is COc1cc(OC)cc(OCC(=O)N(Cc2ccc(C)cc2)[C@H](Cc2ccccc2)C(=O)NC2CCCCC2)c1. The van der Waals surface area contributed by atoms with E-state index < -0.39 is 6.04 Å². The number of nitrogens with one attached hydrogen (secondary N) is 1. The molecular formula is C33H40N2O5. The highest BCUT2D eigenvalue weighted by atomic mass is 16.5. The van der Waals surface area contributed by atoms with Crippen LogP contribution in [0.25, 0.3) is 0 Å². The Bertz CT molecular complexity index is 1220. The molecule has 0 aliphatic heterocycles. The van der Waals surface area contributed by atoms with Crippen molar-refractivity contribution in [1.29, 1.82) is 0 Å². The van der Waals surface area contributed by atoms with Crippen molar-refractivity contribution in [3.8, 4) is 17.2 Å². The molecule has 0 bridgehead atoms. The Morgan fingerprint density at radius 1 is 0.850 bits per heavy atom. The molecule has 1 aliphatic rings. The van der Waals surface area contributed by atoms with Gasteiger partial charge in [0.15, 0.2) is 6.61 Å².